The van der Waals surface area contributed by atoms with Crippen LogP contribution in [0.1, 0.15) is 26.3 Å². The number of rotatable bonds is 4. The standard InChI is InChI=1S/C17H19BrINO/c1-17(2,3)20-11-12-9-13(18)7-8-16(12)21-15-6-4-5-14(19)10-15/h4-10,20H,11H2,1-3H3. The van der Waals surface area contributed by atoms with E-state index >= 15 is 0 Å². The molecule has 112 valence electrons. The number of benzene rings is 2. The zero-order valence-corrected chi connectivity index (χ0v) is 16.2. The monoisotopic (exact) mass is 459 g/mol. The van der Waals surface area contributed by atoms with Crippen molar-refractivity contribution >= 4 is 38.5 Å². The van der Waals surface area contributed by atoms with E-state index in [4.69, 9.17) is 4.74 Å². The van der Waals surface area contributed by atoms with Gasteiger partial charge in [-0.3, -0.25) is 0 Å². The Balaban J connectivity index is 2.22. The molecule has 0 aliphatic heterocycles. The molecule has 2 aromatic carbocycles. The van der Waals surface area contributed by atoms with Gasteiger partial charge in [-0.2, -0.15) is 0 Å². The van der Waals surface area contributed by atoms with Gasteiger partial charge in [0.1, 0.15) is 11.5 Å². The average molecular weight is 460 g/mol. The lowest BCUT2D eigenvalue weighted by atomic mass is 10.1. The fraction of sp³-hybridized carbons (Fsp3) is 0.294. The lowest BCUT2D eigenvalue weighted by molar-refractivity contribution is 0.414. The molecule has 2 rings (SSSR count). The number of nitrogens with one attached hydrogen (secondary N) is 1. The summed E-state index contributed by atoms with van der Waals surface area (Å²) in [6, 6.07) is 14.2. The second kappa shape index (κ2) is 7.11. The van der Waals surface area contributed by atoms with Crippen LogP contribution in [0.2, 0.25) is 0 Å². The molecule has 2 nitrogen and oxygen atoms in total. The molecule has 0 aliphatic carbocycles. The Morgan fingerprint density at radius 1 is 1.14 bits per heavy atom. The normalized spacial score (nSPS) is 11.5. The molecule has 0 saturated heterocycles. The first-order valence-corrected chi connectivity index (χ1v) is 8.67. The van der Waals surface area contributed by atoms with Crippen LogP contribution >= 0.6 is 38.5 Å². The highest BCUT2D eigenvalue weighted by Crippen LogP contribution is 2.29. The van der Waals surface area contributed by atoms with E-state index in [-0.39, 0.29) is 5.54 Å². The van der Waals surface area contributed by atoms with Gasteiger partial charge in [-0.1, -0.05) is 22.0 Å². The average Bonchev–Trinajstić information content (AvgIpc) is 2.38. The summed E-state index contributed by atoms with van der Waals surface area (Å²) in [5.74, 6) is 1.75. The number of hydrogen-bond acceptors (Lipinski definition) is 2. The molecule has 0 aliphatic rings. The van der Waals surface area contributed by atoms with Crippen molar-refractivity contribution in [1.29, 1.82) is 0 Å². The molecule has 0 fully saturated rings. The minimum atomic E-state index is 0.0711. The molecule has 0 amide bonds. The SMILES string of the molecule is CC(C)(C)NCc1cc(Br)ccc1Oc1cccc(I)c1. The predicted molar refractivity (Wildman–Crippen MR) is 100.0 cm³/mol. The van der Waals surface area contributed by atoms with E-state index in [1.165, 1.54) is 0 Å². The van der Waals surface area contributed by atoms with Gasteiger partial charge in [0, 0.05) is 25.7 Å². The summed E-state index contributed by atoms with van der Waals surface area (Å²) in [6.07, 6.45) is 0. The van der Waals surface area contributed by atoms with Crippen molar-refractivity contribution < 1.29 is 4.74 Å². The van der Waals surface area contributed by atoms with Crippen molar-refractivity contribution in [2.24, 2.45) is 0 Å². The summed E-state index contributed by atoms with van der Waals surface area (Å²) >= 11 is 5.82. The van der Waals surface area contributed by atoms with E-state index in [0.717, 1.165) is 31.7 Å². The molecule has 0 radical (unpaired) electrons. The summed E-state index contributed by atoms with van der Waals surface area (Å²) < 4.78 is 8.27. The first kappa shape index (κ1) is 16.8. The van der Waals surface area contributed by atoms with Gasteiger partial charge in [0.15, 0.2) is 0 Å². The van der Waals surface area contributed by atoms with Gasteiger partial charge in [-0.25, -0.2) is 0 Å². The maximum Gasteiger partial charge on any atom is 0.131 e. The molecular weight excluding hydrogens is 441 g/mol. The van der Waals surface area contributed by atoms with Crippen molar-refractivity contribution in [3.8, 4) is 11.5 Å². The van der Waals surface area contributed by atoms with Gasteiger partial charge in [0.25, 0.3) is 0 Å². The van der Waals surface area contributed by atoms with Crippen LogP contribution < -0.4 is 10.1 Å². The van der Waals surface area contributed by atoms with Crippen molar-refractivity contribution in [2.45, 2.75) is 32.9 Å². The Kier molecular flexibility index (Phi) is 5.68. The molecule has 0 heterocycles. The Bertz CT molecular complexity index is 622. The third-order valence-electron chi connectivity index (χ3n) is 2.86. The summed E-state index contributed by atoms with van der Waals surface area (Å²) in [7, 11) is 0. The van der Waals surface area contributed by atoms with E-state index in [2.05, 4.69) is 76.7 Å². The molecule has 21 heavy (non-hydrogen) atoms. The van der Waals surface area contributed by atoms with Gasteiger partial charge < -0.3 is 10.1 Å². The Morgan fingerprint density at radius 3 is 2.57 bits per heavy atom. The quantitative estimate of drug-likeness (QED) is 0.589. The van der Waals surface area contributed by atoms with Gasteiger partial charge in [-0.15, -0.1) is 0 Å². The molecule has 1 N–H and O–H groups in total. The Labute approximate surface area is 148 Å². The molecule has 2 aromatic rings. The van der Waals surface area contributed by atoms with Crippen LogP contribution in [0.3, 0.4) is 0 Å². The van der Waals surface area contributed by atoms with Crippen molar-refractivity contribution in [3.05, 3.63) is 56.1 Å². The fourth-order valence-electron chi connectivity index (χ4n) is 1.80. The Morgan fingerprint density at radius 2 is 1.90 bits per heavy atom. The summed E-state index contributed by atoms with van der Waals surface area (Å²) in [5.41, 5.74) is 1.21. The molecule has 0 atom stereocenters. The highest BCUT2D eigenvalue weighted by molar-refractivity contribution is 14.1. The predicted octanol–water partition coefficient (Wildman–Crippen LogP) is 5.73. The molecule has 0 spiro atoms. The third kappa shape index (κ3) is 5.60. The van der Waals surface area contributed by atoms with Crippen molar-refractivity contribution in [3.63, 3.8) is 0 Å². The molecule has 0 unspecified atom stereocenters. The highest BCUT2D eigenvalue weighted by Gasteiger charge is 2.12. The van der Waals surface area contributed by atoms with Crippen LogP contribution in [0.15, 0.2) is 46.9 Å². The van der Waals surface area contributed by atoms with Gasteiger partial charge >= 0.3 is 0 Å². The third-order valence-corrected chi connectivity index (χ3v) is 4.02. The van der Waals surface area contributed by atoms with Crippen molar-refractivity contribution in [1.82, 2.24) is 5.32 Å². The van der Waals surface area contributed by atoms with Gasteiger partial charge in [-0.05, 0) is 79.8 Å². The largest absolute Gasteiger partial charge is 0.457 e. The summed E-state index contributed by atoms with van der Waals surface area (Å²) in [6.45, 7) is 7.24. The fourth-order valence-corrected chi connectivity index (χ4v) is 2.73. The maximum absolute atomic E-state index is 6.04. The van der Waals surface area contributed by atoms with Crippen molar-refractivity contribution in [2.75, 3.05) is 0 Å². The van der Waals surface area contributed by atoms with E-state index in [0.29, 0.717) is 0 Å². The van der Waals surface area contributed by atoms with Gasteiger partial charge in [0.05, 0.1) is 0 Å². The minimum absolute atomic E-state index is 0.0711. The van der Waals surface area contributed by atoms with Crippen LogP contribution in [0, 0.1) is 3.57 Å². The maximum atomic E-state index is 6.04. The van der Waals surface area contributed by atoms with Crippen LogP contribution in [-0.4, -0.2) is 5.54 Å². The molecule has 0 bridgehead atoms. The number of halogens is 2. The summed E-state index contributed by atoms with van der Waals surface area (Å²) in [5, 5.41) is 3.50. The van der Waals surface area contributed by atoms with Crippen LogP contribution in [-0.2, 0) is 6.54 Å². The lowest BCUT2D eigenvalue weighted by Crippen LogP contribution is -2.35. The molecule has 0 saturated carbocycles. The van der Waals surface area contributed by atoms with Crippen LogP contribution in [0.25, 0.3) is 0 Å². The van der Waals surface area contributed by atoms with Crippen LogP contribution in [0.4, 0.5) is 0 Å². The molecule has 4 heteroatoms. The zero-order chi connectivity index (χ0) is 15.5. The second-order valence-electron chi connectivity index (χ2n) is 5.92. The van der Waals surface area contributed by atoms with E-state index in [1.807, 2.05) is 30.3 Å². The van der Waals surface area contributed by atoms with E-state index < -0.39 is 0 Å². The van der Waals surface area contributed by atoms with Crippen LogP contribution in [0.5, 0.6) is 11.5 Å². The first-order valence-electron chi connectivity index (χ1n) is 6.80. The smallest absolute Gasteiger partial charge is 0.131 e. The summed E-state index contributed by atoms with van der Waals surface area (Å²) in [4.78, 5) is 0. The number of ether oxygens (including phenoxy) is 1. The van der Waals surface area contributed by atoms with E-state index in [1.54, 1.807) is 0 Å². The first-order chi connectivity index (χ1) is 9.83. The van der Waals surface area contributed by atoms with Gasteiger partial charge in [0.2, 0.25) is 0 Å². The highest BCUT2D eigenvalue weighted by atomic mass is 127. The van der Waals surface area contributed by atoms with E-state index in [9.17, 15) is 0 Å². The second-order valence-corrected chi connectivity index (χ2v) is 8.08. The molecule has 0 aromatic heterocycles. The lowest BCUT2D eigenvalue weighted by Gasteiger charge is -2.22. The topological polar surface area (TPSA) is 21.3 Å². The zero-order valence-electron chi connectivity index (χ0n) is 12.4. The molecular formula is C17H19BrINO. The number of hydrogen-bond donors (Lipinski definition) is 1. The minimum Gasteiger partial charge on any atom is -0.457 e. The Hall–Kier alpha value is -0.590.